The number of carbonyl (C=O) groups is 2. The van der Waals surface area contributed by atoms with E-state index in [4.69, 9.17) is 4.74 Å². The molecule has 0 radical (unpaired) electrons. The van der Waals surface area contributed by atoms with Crippen LogP contribution in [0.5, 0.6) is 0 Å². The van der Waals surface area contributed by atoms with Crippen molar-refractivity contribution in [3.8, 4) is 0 Å². The average molecular weight is 473 g/mol. The minimum absolute atomic E-state index is 0.109. The van der Waals surface area contributed by atoms with E-state index in [-0.39, 0.29) is 30.7 Å². The number of halogens is 3. The molecule has 0 saturated carbocycles. The Bertz CT molecular complexity index is 785. The molecule has 2 saturated heterocycles. The van der Waals surface area contributed by atoms with Crippen molar-refractivity contribution in [1.29, 1.82) is 0 Å². The number of aliphatic hydroxyl groups is 1. The van der Waals surface area contributed by atoms with Crippen LogP contribution in [-0.4, -0.2) is 73.0 Å². The summed E-state index contributed by atoms with van der Waals surface area (Å²) in [5.41, 5.74) is -0.595. The maximum atomic E-state index is 12.6. The molecule has 1 aromatic rings. The maximum Gasteiger partial charge on any atom is 0.416 e. The van der Waals surface area contributed by atoms with Crippen LogP contribution in [0.2, 0.25) is 0 Å². The van der Waals surface area contributed by atoms with E-state index < -0.39 is 29.9 Å². The summed E-state index contributed by atoms with van der Waals surface area (Å²) in [6, 6.07) is 3.01. The lowest BCUT2D eigenvalue weighted by Gasteiger charge is -2.36. The van der Waals surface area contributed by atoms with Crippen molar-refractivity contribution in [3.05, 3.63) is 29.8 Å². The van der Waals surface area contributed by atoms with Crippen LogP contribution in [0.25, 0.3) is 0 Å². The van der Waals surface area contributed by atoms with Gasteiger partial charge in [0.15, 0.2) is 0 Å². The van der Waals surface area contributed by atoms with E-state index in [2.05, 4.69) is 20.9 Å². The first-order valence-corrected chi connectivity index (χ1v) is 11.2. The summed E-state index contributed by atoms with van der Waals surface area (Å²) in [7, 11) is 0. The molecule has 0 spiro atoms. The number of carbonyl (C=O) groups excluding carboxylic acids is 2. The summed E-state index contributed by atoms with van der Waals surface area (Å²) in [5, 5.41) is 17.7. The quantitative estimate of drug-likeness (QED) is 0.465. The zero-order chi connectivity index (χ0) is 23.8. The highest BCUT2D eigenvalue weighted by Crippen LogP contribution is 2.30. The van der Waals surface area contributed by atoms with E-state index >= 15 is 0 Å². The Hall–Kier alpha value is -2.37. The Morgan fingerprint density at radius 2 is 1.82 bits per heavy atom. The third-order valence-electron chi connectivity index (χ3n) is 5.94. The monoisotopic (exact) mass is 472 g/mol. The predicted molar refractivity (Wildman–Crippen MR) is 116 cm³/mol. The highest BCUT2D eigenvalue weighted by atomic mass is 19.4. The number of nitrogens with zero attached hydrogens (tertiary/aromatic N) is 1. The molecule has 3 rings (SSSR count). The summed E-state index contributed by atoms with van der Waals surface area (Å²) in [5.74, 6) is -0.109. The van der Waals surface area contributed by atoms with Crippen molar-refractivity contribution in [1.82, 2.24) is 15.5 Å². The standard InChI is InChI=1S/C22H31F3N4O4/c23-22(24,25)15-3-5-16(6-4-15)27-21(32)28-18-8-7-17(33-19(18)14-30)13-20(31)26-9-12-29-10-1-2-11-29/h3-6,17-19,30H,1-2,7-14H2,(H,26,31)(H2,27,28,32)/t17-,18-,19-/m0/s1. The number of hydrogen-bond acceptors (Lipinski definition) is 5. The van der Waals surface area contributed by atoms with Crippen LogP contribution in [0.4, 0.5) is 23.7 Å². The topological polar surface area (TPSA) is 103 Å². The molecular formula is C22H31F3N4O4. The van der Waals surface area contributed by atoms with Gasteiger partial charge in [-0.15, -0.1) is 0 Å². The highest BCUT2D eigenvalue weighted by Gasteiger charge is 2.33. The Kier molecular flexibility index (Phi) is 8.93. The summed E-state index contributed by atoms with van der Waals surface area (Å²) in [6.45, 7) is 3.22. The number of amides is 3. The first-order chi connectivity index (χ1) is 15.7. The highest BCUT2D eigenvalue weighted by molar-refractivity contribution is 5.89. The number of urea groups is 1. The lowest BCUT2D eigenvalue weighted by atomic mass is 9.97. The van der Waals surface area contributed by atoms with Gasteiger partial charge in [-0.05, 0) is 63.0 Å². The fourth-order valence-corrected chi connectivity index (χ4v) is 4.16. The van der Waals surface area contributed by atoms with Crippen molar-refractivity contribution in [2.24, 2.45) is 0 Å². The van der Waals surface area contributed by atoms with E-state index in [9.17, 15) is 27.9 Å². The van der Waals surface area contributed by atoms with Gasteiger partial charge in [0.2, 0.25) is 5.91 Å². The SMILES string of the molecule is O=C(C[C@@H]1CC[C@H](NC(=O)Nc2ccc(C(F)(F)F)cc2)[C@H](CO)O1)NCCN1CCCC1. The molecule has 3 atom stereocenters. The summed E-state index contributed by atoms with van der Waals surface area (Å²) in [4.78, 5) is 26.8. The van der Waals surface area contributed by atoms with Crippen molar-refractivity contribution in [2.45, 2.75) is 56.5 Å². The van der Waals surface area contributed by atoms with Gasteiger partial charge in [-0.3, -0.25) is 4.79 Å². The number of hydrogen-bond donors (Lipinski definition) is 4. The molecule has 2 aliphatic heterocycles. The molecule has 1 aromatic carbocycles. The number of anilines is 1. The van der Waals surface area contributed by atoms with E-state index in [0.29, 0.717) is 19.4 Å². The molecule has 4 N–H and O–H groups in total. The summed E-state index contributed by atoms with van der Waals surface area (Å²) >= 11 is 0. The van der Waals surface area contributed by atoms with Gasteiger partial charge in [0.05, 0.1) is 30.7 Å². The van der Waals surface area contributed by atoms with Gasteiger partial charge >= 0.3 is 12.2 Å². The zero-order valence-corrected chi connectivity index (χ0v) is 18.4. The van der Waals surface area contributed by atoms with Crippen LogP contribution in [0.1, 0.15) is 37.7 Å². The van der Waals surface area contributed by atoms with Crippen LogP contribution in [-0.2, 0) is 15.7 Å². The first-order valence-electron chi connectivity index (χ1n) is 11.2. The smallest absolute Gasteiger partial charge is 0.394 e. The molecule has 184 valence electrons. The lowest BCUT2D eigenvalue weighted by molar-refractivity contribution is -0.137. The number of ether oxygens (including phenoxy) is 1. The Balaban J connectivity index is 1.40. The molecule has 11 heteroatoms. The molecule has 8 nitrogen and oxygen atoms in total. The minimum atomic E-state index is -4.45. The lowest BCUT2D eigenvalue weighted by Crippen LogP contribution is -2.52. The second-order valence-electron chi connectivity index (χ2n) is 8.44. The van der Waals surface area contributed by atoms with Crippen molar-refractivity contribution >= 4 is 17.6 Å². The molecule has 2 fully saturated rings. The molecule has 0 bridgehead atoms. The maximum absolute atomic E-state index is 12.6. The van der Waals surface area contributed by atoms with Gasteiger partial charge in [-0.2, -0.15) is 13.2 Å². The largest absolute Gasteiger partial charge is 0.416 e. The number of aliphatic hydroxyl groups excluding tert-OH is 1. The van der Waals surface area contributed by atoms with Gasteiger partial charge < -0.3 is 30.7 Å². The van der Waals surface area contributed by atoms with Crippen LogP contribution in [0.3, 0.4) is 0 Å². The molecule has 0 unspecified atom stereocenters. The van der Waals surface area contributed by atoms with E-state index in [1.54, 1.807) is 0 Å². The predicted octanol–water partition coefficient (Wildman–Crippen LogP) is 2.34. The summed E-state index contributed by atoms with van der Waals surface area (Å²) in [6.07, 6.45) is -1.88. The summed E-state index contributed by atoms with van der Waals surface area (Å²) < 4.78 is 43.7. The Labute approximate surface area is 190 Å². The van der Waals surface area contributed by atoms with Crippen LogP contribution in [0, 0.1) is 0 Å². The van der Waals surface area contributed by atoms with Crippen molar-refractivity contribution in [3.63, 3.8) is 0 Å². The number of nitrogens with one attached hydrogen (secondary N) is 3. The number of benzene rings is 1. The zero-order valence-electron chi connectivity index (χ0n) is 18.4. The second-order valence-corrected chi connectivity index (χ2v) is 8.44. The molecule has 0 aliphatic carbocycles. The van der Waals surface area contributed by atoms with E-state index in [1.807, 2.05) is 0 Å². The Morgan fingerprint density at radius 3 is 2.45 bits per heavy atom. The van der Waals surface area contributed by atoms with Gasteiger partial charge in [0, 0.05) is 18.8 Å². The second kappa shape index (κ2) is 11.7. The fraction of sp³-hybridized carbons (Fsp3) is 0.636. The van der Waals surface area contributed by atoms with Gasteiger partial charge in [0.25, 0.3) is 0 Å². The average Bonchev–Trinajstić information content (AvgIpc) is 3.28. The van der Waals surface area contributed by atoms with Gasteiger partial charge in [-0.25, -0.2) is 4.79 Å². The fourth-order valence-electron chi connectivity index (χ4n) is 4.16. The third kappa shape index (κ3) is 7.86. The van der Waals surface area contributed by atoms with E-state index in [0.717, 1.165) is 31.8 Å². The molecular weight excluding hydrogens is 441 g/mol. The molecule has 2 aliphatic rings. The number of likely N-dealkylation sites (tertiary alicyclic amines) is 1. The Morgan fingerprint density at radius 1 is 1.12 bits per heavy atom. The van der Waals surface area contributed by atoms with Gasteiger partial charge in [0.1, 0.15) is 6.10 Å². The van der Waals surface area contributed by atoms with Gasteiger partial charge in [-0.1, -0.05) is 0 Å². The number of rotatable bonds is 8. The first kappa shape index (κ1) is 25.3. The normalized spacial score (nSPS) is 23.8. The molecule has 3 amide bonds. The third-order valence-corrected chi connectivity index (χ3v) is 5.94. The van der Waals surface area contributed by atoms with Crippen LogP contribution < -0.4 is 16.0 Å². The molecule has 0 aromatic heterocycles. The molecule has 33 heavy (non-hydrogen) atoms. The van der Waals surface area contributed by atoms with Crippen LogP contribution in [0.15, 0.2) is 24.3 Å². The van der Waals surface area contributed by atoms with Crippen molar-refractivity contribution in [2.75, 3.05) is 38.1 Å². The van der Waals surface area contributed by atoms with Crippen molar-refractivity contribution < 1.29 is 32.6 Å². The molecule has 2 heterocycles. The minimum Gasteiger partial charge on any atom is -0.394 e. The number of alkyl halides is 3. The van der Waals surface area contributed by atoms with E-state index in [1.165, 1.54) is 25.0 Å². The van der Waals surface area contributed by atoms with Crippen LogP contribution >= 0.6 is 0 Å².